The van der Waals surface area contributed by atoms with E-state index in [-0.39, 0.29) is 11.3 Å². The molecule has 0 saturated heterocycles. The van der Waals surface area contributed by atoms with E-state index in [9.17, 15) is 14.4 Å². The van der Waals surface area contributed by atoms with Crippen LogP contribution >= 0.6 is 11.6 Å². The van der Waals surface area contributed by atoms with Crippen molar-refractivity contribution in [1.82, 2.24) is 0 Å². The molecule has 0 aliphatic carbocycles. The first-order valence-electron chi connectivity index (χ1n) is 4.21. The Morgan fingerprint density at radius 1 is 1.33 bits per heavy atom. The number of anilines is 1. The molecule has 2 rings (SSSR count). The third-order valence-corrected chi connectivity index (χ3v) is 2.39. The number of carbonyl (C=O) groups is 3. The second-order valence-electron chi connectivity index (χ2n) is 3.15. The number of ketones is 1. The van der Waals surface area contributed by atoms with Gasteiger partial charge in [0.25, 0.3) is 5.78 Å². The molecule has 0 atom stereocenters. The third-order valence-electron chi connectivity index (χ3n) is 2.16. The summed E-state index contributed by atoms with van der Waals surface area (Å²) in [5, 5.41) is 0.377. The molecule has 0 aromatic heterocycles. The zero-order valence-electron chi connectivity index (χ0n) is 7.78. The molecule has 0 saturated carbocycles. The van der Waals surface area contributed by atoms with Crippen LogP contribution in [0.4, 0.5) is 5.69 Å². The molecule has 2 amide bonds. The van der Waals surface area contributed by atoms with E-state index in [2.05, 4.69) is 0 Å². The van der Waals surface area contributed by atoms with Gasteiger partial charge in [-0.1, -0.05) is 11.6 Å². The van der Waals surface area contributed by atoms with Gasteiger partial charge in [-0.05, 0) is 18.2 Å². The molecule has 4 nitrogen and oxygen atoms in total. The summed E-state index contributed by atoms with van der Waals surface area (Å²) in [6.07, 6.45) is 0. The Bertz CT molecular complexity index is 495. The summed E-state index contributed by atoms with van der Waals surface area (Å²) in [7, 11) is 0. The molecular weight excluding hydrogens is 218 g/mol. The number of carbonyl (C=O) groups excluding carboxylic acids is 3. The molecule has 76 valence electrons. The van der Waals surface area contributed by atoms with E-state index < -0.39 is 17.6 Å². The Labute approximate surface area is 90.4 Å². The monoisotopic (exact) mass is 223 g/mol. The molecule has 0 fully saturated rings. The summed E-state index contributed by atoms with van der Waals surface area (Å²) >= 11 is 5.73. The molecule has 1 heterocycles. The molecule has 1 aromatic rings. The number of hydrogen-bond acceptors (Lipinski definition) is 3. The summed E-state index contributed by atoms with van der Waals surface area (Å²) < 4.78 is 0. The highest BCUT2D eigenvalue weighted by atomic mass is 35.5. The number of Topliss-reactive ketones (excluding diaryl/α,β-unsaturated/α-hetero) is 1. The maximum Gasteiger partial charge on any atom is 0.306 e. The summed E-state index contributed by atoms with van der Waals surface area (Å²) in [4.78, 5) is 34.9. The molecule has 1 aliphatic heterocycles. The standard InChI is InChI=1S/C10H6ClNO3/c1-5(13)12-8-4-6(11)2-3-7(8)9(14)10(12)15/h2-4H,1H3. The minimum absolute atomic E-state index is 0.222. The fourth-order valence-corrected chi connectivity index (χ4v) is 1.69. The normalized spacial score (nSPS) is 14.4. The van der Waals surface area contributed by atoms with Crippen LogP contribution < -0.4 is 4.90 Å². The van der Waals surface area contributed by atoms with Gasteiger partial charge in [0.05, 0.1) is 11.3 Å². The van der Waals surface area contributed by atoms with Crippen LogP contribution in [0.15, 0.2) is 18.2 Å². The van der Waals surface area contributed by atoms with Gasteiger partial charge in [-0.3, -0.25) is 14.4 Å². The van der Waals surface area contributed by atoms with Crippen molar-refractivity contribution in [2.45, 2.75) is 6.92 Å². The smallest absolute Gasteiger partial charge is 0.283 e. The second-order valence-corrected chi connectivity index (χ2v) is 3.59. The van der Waals surface area contributed by atoms with E-state index in [1.165, 1.54) is 25.1 Å². The van der Waals surface area contributed by atoms with Gasteiger partial charge in [-0.2, -0.15) is 0 Å². The fraction of sp³-hybridized carbons (Fsp3) is 0.100. The third kappa shape index (κ3) is 1.34. The van der Waals surface area contributed by atoms with Crippen molar-refractivity contribution in [3.05, 3.63) is 28.8 Å². The summed E-state index contributed by atoms with van der Waals surface area (Å²) in [5.74, 6) is -1.98. The van der Waals surface area contributed by atoms with Gasteiger partial charge in [-0.15, -0.1) is 0 Å². The Kier molecular flexibility index (Phi) is 2.08. The van der Waals surface area contributed by atoms with Crippen LogP contribution in [0.2, 0.25) is 5.02 Å². The SMILES string of the molecule is CC(=O)N1C(=O)C(=O)c2ccc(Cl)cc21. The van der Waals surface area contributed by atoms with Gasteiger partial charge in [0.15, 0.2) is 0 Å². The first kappa shape index (κ1) is 9.86. The summed E-state index contributed by atoms with van der Waals surface area (Å²) in [6.45, 7) is 1.22. The lowest BCUT2D eigenvalue weighted by Gasteiger charge is -2.11. The van der Waals surface area contributed by atoms with Crippen molar-refractivity contribution in [2.24, 2.45) is 0 Å². The Hall–Kier alpha value is -1.68. The molecule has 0 unspecified atom stereocenters. The lowest BCUT2D eigenvalue weighted by Crippen LogP contribution is -2.33. The van der Waals surface area contributed by atoms with Crippen molar-refractivity contribution >= 4 is 34.9 Å². The molecule has 0 spiro atoms. The second kappa shape index (κ2) is 3.17. The van der Waals surface area contributed by atoms with E-state index in [4.69, 9.17) is 11.6 Å². The van der Waals surface area contributed by atoms with Gasteiger partial charge in [-0.25, -0.2) is 4.90 Å². The Balaban J connectivity index is 2.67. The van der Waals surface area contributed by atoms with E-state index in [0.717, 1.165) is 4.90 Å². The number of imide groups is 1. The van der Waals surface area contributed by atoms with Crippen LogP contribution in [0.1, 0.15) is 17.3 Å². The fourth-order valence-electron chi connectivity index (χ4n) is 1.52. The van der Waals surface area contributed by atoms with Crippen LogP contribution in [-0.2, 0) is 9.59 Å². The molecule has 15 heavy (non-hydrogen) atoms. The number of amides is 2. The lowest BCUT2D eigenvalue weighted by atomic mass is 10.1. The van der Waals surface area contributed by atoms with Crippen molar-refractivity contribution < 1.29 is 14.4 Å². The Morgan fingerprint density at radius 2 is 2.00 bits per heavy atom. The number of halogens is 1. The molecule has 0 radical (unpaired) electrons. The van der Waals surface area contributed by atoms with Crippen LogP contribution in [0.5, 0.6) is 0 Å². The number of benzene rings is 1. The zero-order valence-corrected chi connectivity index (χ0v) is 8.54. The average molecular weight is 224 g/mol. The first-order valence-corrected chi connectivity index (χ1v) is 4.59. The predicted octanol–water partition coefficient (Wildman–Crippen LogP) is 1.42. The molecule has 1 aliphatic rings. The van der Waals surface area contributed by atoms with Gasteiger partial charge in [0.2, 0.25) is 5.91 Å². The highest BCUT2D eigenvalue weighted by Gasteiger charge is 2.38. The topological polar surface area (TPSA) is 54.5 Å². The molecule has 1 aromatic carbocycles. The summed E-state index contributed by atoms with van der Waals surface area (Å²) in [5.41, 5.74) is 0.490. The molecule has 5 heteroatoms. The van der Waals surface area contributed by atoms with Crippen LogP contribution in [0.3, 0.4) is 0 Å². The Morgan fingerprint density at radius 3 is 2.60 bits per heavy atom. The van der Waals surface area contributed by atoms with Gasteiger partial charge in [0.1, 0.15) is 0 Å². The molecule has 0 bridgehead atoms. The van der Waals surface area contributed by atoms with E-state index in [1.54, 1.807) is 0 Å². The minimum atomic E-state index is -0.820. The zero-order chi connectivity index (χ0) is 11.2. The largest absolute Gasteiger partial charge is 0.306 e. The maximum atomic E-state index is 11.4. The number of rotatable bonds is 0. The van der Waals surface area contributed by atoms with Crippen molar-refractivity contribution in [1.29, 1.82) is 0 Å². The lowest BCUT2D eigenvalue weighted by molar-refractivity contribution is -0.122. The van der Waals surface area contributed by atoms with Crippen LogP contribution in [0.25, 0.3) is 0 Å². The van der Waals surface area contributed by atoms with Gasteiger partial charge >= 0.3 is 5.91 Å². The number of fused-ring (bicyclic) bond motifs is 1. The van der Waals surface area contributed by atoms with Crippen LogP contribution in [0, 0.1) is 0 Å². The number of hydrogen-bond donors (Lipinski definition) is 0. The molecule has 0 N–H and O–H groups in total. The van der Waals surface area contributed by atoms with Crippen molar-refractivity contribution in [3.8, 4) is 0 Å². The minimum Gasteiger partial charge on any atom is -0.283 e. The van der Waals surface area contributed by atoms with E-state index >= 15 is 0 Å². The highest BCUT2D eigenvalue weighted by Crippen LogP contribution is 2.31. The first-order chi connectivity index (χ1) is 7.02. The number of nitrogens with zero attached hydrogens (tertiary/aromatic N) is 1. The van der Waals surface area contributed by atoms with Gasteiger partial charge in [0, 0.05) is 11.9 Å². The average Bonchev–Trinajstić information content (AvgIpc) is 2.39. The van der Waals surface area contributed by atoms with Crippen molar-refractivity contribution in [2.75, 3.05) is 4.90 Å². The quantitative estimate of drug-likeness (QED) is 0.625. The maximum absolute atomic E-state index is 11.4. The van der Waals surface area contributed by atoms with E-state index in [1.807, 2.05) is 0 Å². The van der Waals surface area contributed by atoms with Gasteiger partial charge < -0.3 is 0 Å². The van der Waals surface area contributed by atoms with E-state index in [0.29, 0.717) is 5.02 Å². The molecular formula is C10H6ClNO3. The van der Waals surface area contributed by atoms with Crippen LogP contribution in [-0.4, -0.2) is 17.6 Å². The van der Waals surface area contributed by atoms with Crippen molar-refractivity contribution in [3.63, 3.8) is 0 Å². The summed E-state index contributed by atoms with van der Waals surface area (Å²) in [6, 6.07) is 4.39. The highest BCUT2D eigenvalue weighted by molar-refractivity contribution is 6.56. The predicted molar refractivity (Wildman–Crippen MR) is 53.9 cm³/mol.